The van der Waals surface area contributed by atoms with Crippen LogP contribution >= 0.6 is 0 Å². The summed E-state index contributed by atoms with van der Waals surface area (Å²) in [5, 5.41) is 15.5. The number of carboxylic acid groups (broad SMARTS) is 1. The molecule has 0 fully saturated rings. The SMILES string of the molecule is Cc1cc(-c2ncnn3cc(C4=CCOCC4)cc23)ccc1CNC(=O)O. The van der Waals surface area contributed by atoms with Gasteiger partial charge >= 0.3 is 6.09 Å². The van der Waals surface area contributed by atoms with E-state index in [1.807, 2.05) is 35.8 Å². The highest BCUT2D eigenvalue weighted by Gasteiger charge is 2.14. The van der Waals surface area contributed by atoms with Crippen LogP contribution in [0, 0.1) is 6.92 Å². The van der Waals surface area contributed by atoms with Crippen molar-refractivity contribution in [1.29, 1.82) is 0 Å². The summed E-state index contributed by atoms with van der Waals surface area (Å²) in [6, 6.07) is 8.04. The Bertz CT molecular complexity index is 1040. The first kappa shape index (κ1) is 17.2. The maximum Gasteiger partial charge on any atom is 0.404 e. The van der Waals surface area contributed by atoms with Gasteiger partial charge in [-0.05, 0) is 47.7 Å². The number of rotatable bonds is 4. The zero-order valence-corrected chi connectivity index (χ0v) is 15.0. The van der Waals surface area contributed by atoms with Crippen LogP contribution in [-0.2, 0) is 11.3 Å². The van der Waals surface area contributed by atoms with E-state index in [2.05, 4.69) is 27.5 Å². The lowest BCUT2D eigenvalue weighted by Gasteiger charge is -2.11. The van der Waals surface area contributed by atoms with E-state index in [0.29, 0.717) is 6.61 Å². The van der Waals surface area contributed by atoms with E-state index in [1.54, 1.807) is 6.33 Å². The third-order valence-electron chi connectivity index (χ3n) is 4.79. The molecule has 1 aromatic carbocycles. The molecule has 7 nitrogen and oxygen atoms in total. The van der Waals surface area contributed by atoms with Gasteiger partial charge in [0.1, 0.15) is 6.33 Å². The largest absolute Gasteiger partial charge is 0.465 e. The number of hydrogen-bond donors (Lipinski definition) is 2. The Morgan fingerprint density at radius 1 is 1.33 bits per heavy atom. The van der Waals surface area contributed by atoms with Gasteiger partial charge in [0.2, 0.25) is 0 Å². The van der Waals surface area contributed by atoms with Crippen molar-refractivity contribution in [1.82, 2.24) is 19.9 Å². The summed E-state index contributed by atoms with van der Waals surface area (Å²) in [6.45, 7) is 3.63. The lowest BCUT2D eigenvalue weighted by Crippen LogP contribution is -2.20. The number of ether oxygens (including phenoxy) is 1. The van der Waals surface area contributed by atoms with Crippen molar-refractivity contribution in [2.75, 3.05) is 13.2 Å². The third kappa shape index (κ3) is 3.54. The third-order valence-corrected chi connectivity index (χ3v) is 4.79. The highest BCUT2D eigenvalue weighted by Crippen LogP contribution is 2.29. The number of fused-ring (bicyclic) bond motifs is 1. The van der Waals surface area contributed by atoms with Gasteiger partial charge in [-0.2, -0.15) is 5.10 Å². The Hall–Kier alpha value is -3.19. The van der Waals surface area contributed by atoms with Crippen molar-refractivity contribution in [3.63, 3.8) is 0 Å². The zero-order valence-electron chi connectivity index (χ0n) is 15.0. The molecule has 4 rings (SSSR count). The number of amides is 1. The molecule has 0 atom stereocenters. The quantitative estimate of drug-likeness (QED) is 0.742. The van der Waals surface area contributed by atoms with E-state index in [4.69, 9.17) is 9.84 Å². The molecule has 0 aliphatic carbocycles. The van der Waals surface area contributed by atoms with Gasteiger partial charge in [-0.25, -0.2) is 14.3 Å². The molecule has 3 heterocycles. The second kappa shape index (κ2) is 7.20. The van der Waals surface area contributed by atoms with Gasteiger partial charge in [0, 0.05) is 18.3 Å². The van der Waals surface area contributed by atoms with Gasteiger partial charge in [-0.3, -0.25) is 0 Å². The van der Waals surface area contributed by atoms with Crippen molar-refractivity contribution >= 4 is 17.2 Å². The Morgan fingerprint density at radius 2 is 2.22 bits per heavy atom. The van der Waals surface area contributed by atoms with E-state index in [-0.39, 0.29) is 6.54 Å². The molecule has 2 N–H and O–H groups in total. The molecular formula is C20H20N4O3. The van der Waals surface area contributed by atoms with Gasteiger partial charge in [0.15, 0.2) is 0 Å². The zero-order chi connectivity index (χ0) is 18.8. The summed E-state index contributed by atoms with van der Waals surface area (Å²) in [7, 11) is 0. The first-order valence-electron chi connectivity index (χ1n) is 8.79. The average Bonchev–Trinajstić information content (AvgIpc) is 3.12. The van der Waals surface area contributed by atoms with E-state index in [0.717, 1.165) is 46.5 Å². The topological polar surface area (TPSA) is 88.8 Å². The summed E-state index contributed by atoms with van der Waals surface area (Å²) in [4.78, 5) is 15.2. The Labute approximate surface area is 156 Å². The van der Waals surface area contributed by atoms with Crippen molar-refractivity contribution in [3.05, 3.63) is 59.6 Å². The monoisotopic (exact) mass is 364 g/mol. The Balaban J connectivity index is 1.71. The van der Waals surface area contributed by atoms with Crippen LogP contribution < -0.4 is 5.32 Å². The van der Waals surface area contributed by atoms with Crippen LogP contribution in [0.15, 0.2) is 42.9 Å². The maximum absolute atomic E-state index is 10.7. The van der Waals surface area contributed by atoms with Gasteiger partial charge in [0.25, 0.3) is 0 Å². The lowest BCUT2D eigenvalue weighted by molar-refractivity contribution is 0.161. The second-order valence-electron chi connectivity index (χ2n) is 6.52. The minimum atomic E-state index is -1.03. The molecule has 1 amide bonds. The number of benzene rings is 1. The van der Waals surface area contributed by atoms with E-state index in [9.17, 15) is 4.79 Å². The molecule has 0 saturated heterocycles. The first-order chi connectivity index (χ1) is 13.1. The van der Waals surface area contributed by atoms with Crippen LogP contribution in [0.2, 0.25) is 0 Å². The fourth-order valence-electron chi connectivity index (χ4n) is 3.33. The number of aryl methyl sites for hydroxylation is 1. The molecule has 1 aliphatic rings. The Morgan fingerprint density at radius 3 is 2.96 bits per heavy atom. The molecule has 0 saturated carbocycles. The maximum atomic E-state index is 10.7. The van der Waals surface area contributed by atoms with E-state index >= 15 is 0 Å². The average molecular weight is 364 g/mol. The van der Waals surface area contributed by atoms with Crippen LogP contribution in [0.3, 0.4) is 0 Å². The van der Waals surface area contributed by atoms with E-state index in [1.165, 1.54) is 5.57 Å². The van der Waals surface area contributed by atoms with Crippen molar-refractivity contribution in [3.8, 4) is 11.3 Å². The van der Waals surface area contributed by atoms with Gasteiger partial charge in [-0.1, -0.05) is 18.2 Å². The van der Waals surface area contributed by atoms with Gasteiger partial charge in [-0.15, -0.1) is 0 Å². The number of nitrogens with one attached hydrogen (secondary N) is 1. The molecule has 1 aliphatic heterocycles. The van der Waals surface area contributed by atoms with Crippen molar-refractivity contribution in [2.45, 2.75) is 19.9 Å². The Kier molecular flexibility index (Phi) is 4.60. The fourth-order valence-corrected chi connectivity index (χ4v) is 3.33. The highest BCUT2D eigenvalue weighted by molar-refractivity contribution is 5.81. The summed E-state index contributed by atoms with van der Waals surface area (Å²) in [5.74, 6) is 0. The number of nitrogens with zero attached hydrogens (tertiary/aromatic N) is 3. The smallest absolute Gasteiger partial charge is 0.404 e. The van der Waals surface area contributed by atoms with E-state index < -0.39 is 6.09 Å². The van der Waals surface area contributed by atoms with Crippen molar-refractivity contribution in [2.24, 2.45) is 0 Å². The summed E-state index contributed by atoms with van der Waals surface area (Å²) in [5.41, 5.74) is 7.12. The second-order valence-corrected chi connectivity index (χ2v) is 6.52. The number of carbonyl (C=O) groups is 1. The fraction of sp³-hybridized carbons (Fsp3) is 0.250. The van der Waals surface area contributed by atoms with Crippen LogP contribution in [0.1, 0.15) is 23.1 Å². The van der Waals surface area contributed by atoms with Crippen LogP contribution in [0.4, 0.5) is 4.79 Å². The molecule has 0 bridgehead atoms. The predicted molar refractivity (Wildman–Crippen MR) is 101 cm³/mol. The number of hydrogen-bond acceptors (Lipinski definition) is 4. The summed E-state index contributed by atoms with van der Waals surface area (Å²) >= 11 is 0. The highest BCUT2D eigenvalue weighted by atomic mass is 16.5. The van der Waals surface area contributed by atoms with Crippen LogP contribution in [-0.4, -0.2) is 39.0 Å². The molecule has 7 heteroatoms. The predicted octanol–water partition coefficient (Wildman–Crippen LogP) is 3.28. The molecule has 0 spiro atoms. The molecule has 0 unspecified atom stereocenters. The normalized spacial score (nSPS) is 14.2. The molecular weight excluding hydrogens is 344 g/mol. The summed E-state index contributed by atoms with van der Waals surface area (Å²) in [6.07, 6.45) is 5.55. The van der Waals surface area contributed by atoms with Gasteiger partial charge < -0.3 is 15.2 Å². The van der Waals surface area contributed by atoms with Crippen LogP contribution in [0.5, 0.6) is 0 Å². The molecule has 3 aromatic rings. The lowest BCUT2D eigenvalue weighted by atomic mass is 10.0. The van der Waals surface area contributed by atoms with Crippen molar-refractivity contribution < 1.29 is 14.6 Å². The molecule has 2 aromatic heterocycles. The molecule has 138 valence electrons. The standard InChI is InChI=1S/C20H20N4O3/c1-13-8-15(2-3-16(13)10-21-20(25)26)19-18-9-17(11-24(18)23-12-22-19)14-4-6-27-7-5-14/h2-4,8-9,11-12,21H,5-7,10H2,1H3,(H,25,26). The summed E-state index contributed by atoms with van der Waals surface area (Å²) < 4.78 is 7.24. The minimum Gasteiger partial charge on any atom is -0.465 e. The van der Waals surface area contributed by atoms with Gasteiger partial charge in [0.05, 0.1) is 24.4 Å². The molecule has 0 radical (unpaired) electrons. The molecule has 27 heavy (non-hydrogen) atoms. The number of aromatic nitrogens is 3. The first-order valence-corrected chi connectivity index (χ1v) is 8.79. The minimum absolute atomic E-state index is 0.284. The van der Waals surface area contributed by atoms with Crippen LogP contribution in [0.25, 0.3) is 22.3 Å².